The Kier molecular flexibility index (Phi) is 3.22. The summed E-state index contributed by atoms with van der Waals surface area (Å²) in [5.74, 6) is 0. The van der Waals surface area contributed by atoms with Gasteiger partial charge in [0.25, 0.3) is 20.2 Å². The average molecular weight is 290 g/mol. The van der Waals surface area contributed by atoms with E-state index in [0.717, 1.165) is 18.2 Å². The summed E-state index contributed by atoms with van der Waals surface area (Å²) in [6.45, 7) is 0. The number of allylic oxidation sites excluding steroid dienone is 2. The van der Waals surface area contributed by atoms with Crippen LogP contribution < -0.4 is 5.73 Å². The van der Waals surface area contributed by atoms with Gasteiger partial charge in [0.05, 0.1) is 0 Å². The van der Waals surface area contributed by atoms with Gasteiger partial charge in [0, 0.05) is 5.03 Å². The Morgan fingerprint density at radius 2 is 1.81 bits per heavy atom. The van der Waals surface area contributed by atoms with Crippen molar-refractivity contribution >= 4 is 31.8 Å². The molecule has 0 fully saturated rings. The van der Waals surface area contributed by atoms with Crippen molar-refractivity contribution in [1.29, 1.82) is 0 Å². The molecule has 0 aliphatic heterocycles. The summed E-state index contributed by atoms with van der Waals surface area (Å²) in [5.41, 5.74) is 5.27. The van der Waals surface area contributed by atoms with Crippen molar-refractivity contribution in [3.8, 4) is 0 Å². The molecule has 10 heteroatoms. The monoisotopic (exact) mass is 289 g/mol. The molecule has 0 aromatic heterocycles. The van der Waals surface area contributed by atoms with Crippen LogP contribution in [0, 0.1) is 0 Å². The lowest BCUT2D eigenvalue weighted by molar-refractivity contribution is 0.427. The first-order chi connectivity index (χ1) is 7.00. The van der Waals surface area contributed by atoms with Gasteiger partial charge in [0.15, 0.2) is 10.1 Å². The van der Waals surface area contributed by atoms with Gasteiger partial charge in [-0.15, -0.1) is 0 Å². The molecule has 7 nitrogen and oxygen atoms in total. The highest BCUT2D eigenvalue weighted by Crippen LogP contribution is 2.33. The lowest BCUT2D eigenvalue weighted by Gasteiger charge is -2.31. The van der Waals surface area contributed by atoms with Crippen LogP contribution in [0.1, 0.15) is 0 Å². The fourth-order valence-electron chi connectivity index (χ4n) is 1.28. The van der Waals surface area contributed by atoms with E-state index >= 15 is 0 Å². The Hall–Kier alpha value is -0.450. The Bertz CT molecular complexity index is 562. The molecule has 1 aliphatic rings. The van der Waals surface area contributed by atoms with Gasteiger partial charge in [-0.3, -0.25) is 9.11 Å². The van der Waals surface area contributed by atoms with Gasteiger partial charge in [-0.2, -0.15) is 16.8 Å². The predicted molar refractivity (Wildman–Crippen MR) is 56.9 cm³/mol. The summed E-state index contributed by atoms with van der Waals surface area (Å²) < 4.78 is 61.8. The van der Waals surface area contributed by atoms with Crippen molar-refractivity contribution in [3.63, 3.8) is 0 Å². The second-order valence-corrected chi connectivity index (χ2v) is 6.73. The molecule has 0 spiro atoms. The van der Waals surface area contributed by atoms with Crippen molar-refractivity contribution < 1.29 is 25.9 Å². The zero-order valence-electron chi connectivity index (χ0n) is 7.61. The smallest absolute Gasteiger partial charge is 0.289 e. The van der Waals surface area contributed by atoms with E-state index in [9.17, 15) is 16.8 Å². The molecule has 0 heterocycles. The molecule has 0 aromatic rings. The maximum Gasteiger partial charge on any atom is 0.289 e. The summed E-state index contributed by atoms with van der Waals surface area (Å²) in [6.07, 6.45) is 2.85. The van der Waals surface area contributed by atoms with Crippen LogP contribution in [0.25, 0.3) is 0 Å². The van der Waals surface area contributed by atoms with E-state index < -0.39 is 35.4 Å². The minimum Gasteiger partial charge on any atom is -0.306 e. The first-order valence-electron chi connectivity index (χ1n) is 3.77. The van der Waals surface area contributed by atoms with E-state index in [1.165, 1.54) is 0 Å². The average Bonchev–Trinajstić information content (AvgIpc) is 1.98. The largest absolute Gasteiger partial charge is 0.306 e. The molecule has 0 amide bonds. The normalized spacial score (nSPS) is 31.2. The van der Waals surface area contributed by atoms with Crippen LogP contribution >= 0.6 is 11.6 Å². The zero-order valence-corrected chi connectivity index (χ0v) is 10.00. The SMILES string of the molecule is NC1(S(=O)(=O)O)C=CC=C(Cl)C1S(=O)(=O)O. The van der Waals surface area contributed by atoms with Crippen LogP contribution in [0.15, 0.2) is 23.3 Å². The number of hydrogen-bond donors (Lipinski definition) is 3. The molecule has 2 unspecified atom stereocenters. The number of nitrogens with two attached hydrogens (primary N) is 1. The van der Waals surface area contributed by atoms with Gasteiger partial charge in [0.2, 0.25) is 0 Å². The summed E-state index contributed by atoms with van der Waals surface area (Å²) in [7, 11) is -9.85. The topological polar surface area (TPSA) is 135 Å². The highest BCUT2D eigenvalue weighted by atomic mass is 35.5. The summed E-state index contributed by atoms with van der Waals surface area (Å²) in [4.78, 5) is -2.70. The van der Waals surface area contributed by atoms with Gasteiger partial charge >= 0.3 is 0 Å². The van der Waals surface area contributed by atoms with Gasteiger partial charge in [-0.1, -0.05) is 17.7 Å². The summed E-state index contributed by atoms with van der Waals surface area (Å²) >= 11 is 5.47. The molecule has 0 bridgehead atoms. The van der Waals surface area contributed by atoms with Crippen LogP contribution in [-0.2, 0) is 20.2 Å². The minimum atomic E-state index is -4.96. The van der Waals surface area contributed by atoms with Gasteiger partial charge < -0.3 is 5.73 Å². The second-order valence-electron chi connectivity index (χ2n) is 3.13. The van der Waals surface area contributed by atoms with Gasteiger partial charge in [-0.25, -0.2) is 0 Å². The van der Waals surface area contributed by atoms with Gasteiger partial charge in [0.1, 0.15) is 0 Å². The minimum absolute atomic E-state index is 0.509. The third kappa shape index (κ3) is 2.14. The van der Waals surface area contributed by atoms with Gasteiger partial charge in [-0.05, 0) is 12.2 Å². The van der Waals surface area contributed by atoms with Crippen LogP contribution in [0.2, 0.25) is 0 Å². The van der Waals surface area contributed by atoms with Crippen LogP contribution in [-0.4, -0.2) is 36.1 Å². The summed E-state index contributed by atoms with van der Waals surface area (Å²) in [6, 6.07) is 0. The predicted octanol–water partition coefficient (Wildman–Crippen LogP) is -0.522. The fraction of sp³-hybridized carbons (Fsp3) is 0.333. The molecular weight excluding hydrogens is 282 g/mol. The maximum absolute atomic E-state index is 11.0. The maximum atomic E-state index is 11.0. The second kappa shape index (κ2) is 3.79. The Labute approximate surface area is 97.1 Å². The van der Waals surface area contributed by atoms with E-state index in [1.807, 2.05) is 0 Å². The molecule has 4 N–H and O–H groups in total. The first-order valence-corrected chi connectivity index (χ1v) is 7.09. The highest BCUT2D eigenvalue weighted by Gasteiger charge is 2.53. The lowest BCUT2D eigenvalue weighted by atomic mass is 10.1. The standard InChI is InChI=1S/C6H8ClNO6S2/c7-4-2-1-3-6(8,16(12,13)14)5(4)15(9,10)11/h1-3,5H,8H2,(H,9,10,11)(H,12,13,14). The number of rotatable bonds is 2. The van der Waals surface area contributed by atoms with E-state index in [0.29, 0.717) is 0 Å². The molecule has 0 saturated carbocycles. The van der Waals surface area contributed by atoms with Crippen molar-refractivity contribution in [2.24, 2.45) is 5.73 Å². The first kappa shape index (κ1) is 13.6. The van der Waals surface area contributed by atoms with E-state index in [4.69, 9.17) is 26.4 Å². The summed E-state index contributed by atoms with van der Waals surface area (Å²) in [5, 5.41) is -2.66. The Balaban J connectivity index is 3.54. The molecule has 1 rings (SSSR count). The van der Waals surface area contributed by atoms with Crippen LogP contribution in [0.3, 0.4) is 0 Å². The quantitative estimate of drug-likeness (QED) is 0.582. The molecule has 2 atom stereocenters. The van der Waals surface area contributed by atoms with Crippen molar-refractivity contribution in [1.82, 2.24) is 0 Å². The van der Waals surface area contributed by atoms with E-state index in [-0.39, 0.29) is 0 Å². The fourth-order valence-corrected chi connectivity index (χ4v) is 4.22. The number of halogens is 1. The zero-order chi connectivity index (χ0) is 12.8. The molecule has 0 radical (unpaired) electrons. The third-order valence-electron chi connectivity index (χ3n) is 2.02. The molecule has 16 heavy (non-hydrogen) atoms. The van der Waals surface area contributed by atoms with Crippen molar-refractivity contribution in [2.75, 3.05) is 0 Å². The third-order valence-corrected chi connectivity index (χ3v) is 5.14. The van der Waals surface area contributed by atoms with Crippen LogP contribution in [0.4, 0.5) is 0 Å². The van der Waals surface area contributed by atoms with Crippen LogP contribution in [0.5, 0.6) is 0 Å². The molecule has 0 saturated heterocycles. The molecule has 0 aromatic carbocycles. The Morgan fingerprint density at radius 1 is 1.31 bits per heavy atom. The number of hydrogen-bond acceptors (Lipinski definition) is 5. The Morgan fingerprint density at radius 3 is 2.12 bits per heavy atom. The van der Waals surface area contributed by atoms with E-state index in [2.05, 4.69) is 0 Å². The van der Waals surface area contributed by atoms with E-state index in [1.54, 1.807) is 0 Å². The molecular formula is C6H8ClNO6S2. The van der Waals surface area contributed by atoms with Crippen molar-refractivity contribution in [2.45, 2.75) is 10.1 Å². The molecule has 1 aliphatic carbocycles. The highest BCUT2D eigenvalue weighted by molar-refractivity contribution is 7.91. The van der Waals surface area contributed by atoms with Crippen molar-refractivity contribution in [3.05, 3.63) is 23.3 Å². The lowest BCUT2D eigenvalue weighted by Crippen LogP contribution is -2.59. The molecule has 92 valence electrons.